The van der Waals surface area contributed by atoms with Crippen molar-refractivity contribution in [2.24, 2.45) is 0 Å². The number of benzene rings is 2. The first kappa shape index (κ1) is 21.0. The van der Waals surface area contributed by atoms with E-state index in [1.807, 2.05) is 54.8 Å². The van der Waals surface area contributed by atoms with Gasteiger partial charge < -0.3 is 10.2 Å². The number of likely N-dealkylation sites (N-methyl/N-ethyl adjacent to an activating group) is 1. The number of fused-ring (bicyclic) bond motifs is 3. The van der Waals surface area contributed by atoms with Gasteiger partial charge in [-0.1, -0.05) is 24.3 Å². The predicted molar refractivity (Wildman–Crippen MR) is 126 cm³/mol. The molecule has 4 rings (SSSR count). The van der Waals surface area contributed by atoms with Crippen LogP contribution in [0, 0.1) is 13.8 Å². The van der Waals surface area contributed by atoms with Crippen molar-refractivity contribution in [3.05, 3.63) is 71.0 Å². The van der Waals surface area contributed by atoms with E-state index in [0.717, 1.165) is 52.2 Å². The van der Waals surface area contributed by atoms with E-state index in [1.165, 1.54) is 5.56 Å². The number of anilines is 1. The summed E-state index contributed by atoms with van der Waals surface area (Å²) in [7, 11) is 4.14. The number of carbonyl (C=O) groups excluding carboxylic acids is 1. The second-order valence-corrected chi connectivity index (χ2v) is 8.31. The predicted octanol–water partition coefficient (Wildman–Crippen LogP) is 4.17. The number of rotatable bonds is 7. The van der Waals surface area contributed by atoms with Gasteiger partial charge in [-0.2, -0.15) is 5.10 Å². The van der Waals surface area contributed by atoms with Gasteiger partial charge in [-0.15, -0.1) is 0 Å². The zero-order chi connectivity index (χ0) is 22.0. The minimum atomic E-state index is 0.00515. The van der Waals surface area contributed by atoms with Crippen LogP contribution in [0.15, 0.2) is 48.5 Å². The maximum Gasteiger partial charge on any atom is 0.224 e. The summed E-state index contributed by atoms with van der Waals surface area (Å²) in [5, 5.41) is 8.75. The fourth-order valence-corrected chi connectivity index (χ4v) is 3.91. The topological polar surface area (TPSA) is 62.5 Å². The van der Waals surface area contributed by atoms with Crippen molar-refractivity contribution in [2.75, 3.05) is 26.0 Å². The molecule has 6 heteroatoms. The number of nitrogens with zero attached hydrogens (tertiary/aromatic N) is 4. The Labute approximate surface area is 182 Å². The number of aryl methyl sites for hydroxylation is 2. The Morgan fingerprint density at radius 1 is 1.03 bits per heavy atom. The third-order valence-corrected chi connectivity index (χ3v) is 5.71. The summed E-state index contributed by atoms with van der Waals surface area (Å²) in [5.41, 5.74) is 6.97. The van der Waals surface area contributed by atoms with E-state index in [9.17, 15) is 4.79 Å². The number of nitrogens with one attached hydrogen (secondary N) is 1. The van der Waals surface area contributed by atoms with Crippen molar-refractivity contribution >= 4 is 28.1 Å². The molecular weight excluding hydrogens is 386 g/mol. The van der Waals surface area contributed by atoms with Crippen LogP contribution in [0.3, 0.4) is 0 Å². The van der Waals surface area contributed by atoms with Gasteiger partial charge >= 0.3 is 0 Å². The molecule has 0 radical (unpaired) electrons. The lowest BCUT2D eigenvalue weighted by Crippen LogP contribution is -2.15. The number of aromatic nitrogens is 3. The maximum absolute atomic E-state index is 12.6. The van der Waals surface area contributed by atoms with Crippen molar-refractivity contribution in [1.29, 1.82) is 0 Å². The molecule has 1 N–H and O–H groups in total. The molecule has 0 saturated heterocycles. The third kappa shape index (κ3) is 4.59. The van der Waals surface area contributed by atoms with Crippen molar-refractivity contribution in [3.63, 3.8) is 0 Å². The Balaban J connectivity index is 1.44. The first-order valence-corrected chi connectivity index (χ1v) is 10.7. The molecule has 2 heterocycles. The van der Waals surface area contributed by atoms with E-state index in [1.54, 1.807) is 0 Å². The number of carbonyl (C=O) groups is 1. The van der Waals surface area contributed by atoms with Gasteiger partial charge in [0.1, 0.15) is 0 Å². The maximum atomic E-state index is 12.6. The van der Waals surface area contributed by atoms with Gasteiger partial charge in [0.25, 0.3) is 0 Å². The van der Waals surface area contributed by atoms with Crippen LogP contribution in [0.1, 0.15) is 28.9 Å². The van der Waals surface area contributed by atoms with Crippen LogP contribution < -0.4 is 5.32 Å². The Bertz CT molecular complexity index is 1220. The molecule has 0 atom stereocenters. The summed E-state index contributed by atoms with van der Waals surface area (Å²) >= 11 is 0. The van der Waals surface area contributed by atoms with E-state index in [2.05, 4.69) is 36.4 Å². The van der Waals surface area contributed by atoms with E-state index in [4.69, 9.17) is 10.1 Å². The van der Waals surface area contributed by atoms with E-state index in [0.29, 0.717) is 12.8 Å². The highest BCUT2D eigenvalue weighted by molar-refractivity contribution is 5.92. The molecule has 0 bridgehead atoms. The van der Waals surface area contributed by atoms with E-state index < -0.39 is 0 Å². The highest BCUT2D eigenvalue weighted by Gasteiger charge is 2.15. The molecule has 31 heavy (non-hydrogen) atoms. The van der Waals surface area contributed by atoms with Gasteiger partial charge in [-0.25, -0.2) is 9.50 Å². The SMILES string of the molecule is Cc1nc2c3ccccc3nn2c(C)c1CCC(=O)Nc1ccc(CCN(C)C)cc1. The summed E-state index contributed by atoms with van der Waals surface area (Å²) in [6.45, 7) is 5.07. The molecule has 0 aliphatic carbocycles. The standard InChI is InChI=1S/C25H29N5O/c1-17-21(18(2)30-25(26-17)22-7-5-6-8-23(22)28-30)13-14-24(31)27-20-11-9-19(10-12-20)15-16-29(3)4/h5-12H,13-16H2,1-4H3,(H,27,31). The minimum absolute atomic E-state index is 0.00515. The molecule has 0 unspecified atom stereocenters. The second-order valence-electron chi connectivity index (χ2n) is 8.31. The molecule has 0 saturated carbocycles. The lowest BCUT2D eigenvalue weighted by molar-refractivity contribution is -0.116. The first-order valence-electron chi connectivity index (χ1n) is 10.7. The largest absolute Gasteiger partial charge is 0.326 e. The summed E-state index contributed by atoms with van der Waals surface area (Å²) in [6.07, 6.45) is 2.03. The van der Waals surface area contributed by atoms with Crippen molar-refractivity contribution in [3.8, 4) is 0 Å². The number of hydrogen-bond donors (Lipinski definition) is 1. The smallest absolute Gasteiger partial charge is 0.224 e. The molecule has 1 amide bonds. The number of hydrogen-bond acceptors (Lipinski definition) is 4. The summed E-state index contributed by atoms with van der Waals surface area (Å²) in [5.74, 6) is 0.00515. The summed E-state index contributed by atoms with van der Waals surface area (Å²) in [4.78, 5) is 19.5. The average Bonchev–Trinajstić information content (AvgIpc) is 3.12. The molecule has 2 aromatic heterocycles. The first-order chi connectivity index (χ1) is 14.9. The van der Waals surface area contributed by atoms with E-state index >= 15 is 0 Å². The molecule has 0 fully saturated rings. The quantitative estimate of drug-likeness (QED) is 0.492. The molecule has 0 spiro atoms. The van der Waals surface area contributed by atoms with Crippen LogP contribution in [0.4, 0.5) is 5.69 Å². The van der Waals surface area contributed by atoms with E-state index in [-0.39, 0.29) is 5.91 Å². The Morgan fingerprint density at radius 3 is 2.52 bits per heavy atom. The molecule has 160 valence electrons. The van der Waals surface area contributed by atoms with Crippen LogP contribution in [-0.2, 0) is 17.6 Å². The van der Waals surface area contributed by atoms with Gasteiger partial charge in [0.15, 0.2) is 5.65 Å². The third-order valence-electron chi connectivity index (χ3n) is 5.71. The fourth-order valence-electron chi connectivity index (χ4n) is 3.91. The van der Waals surface area contributed by atoms with Crippen LogP contribution in [0.2, 0.25) is 0 Å². The zero-order valence-electron chi connectivity index (χ0n) is 18.6. The highest BCUT2D eigenvalue weighted by atomic mass is 16.1. The van der Waals surface area contributed by atoms with Crippen LogP contribution in [-0.4, -0.2) is 46.0 Å². The highest BCUT2D eigenvalue weighted by Crippen LogP contribution is 2.23. The summed E-state index contributed by atoms with van der Waals surface area (Å²) < 4.78 is 1.90. The monoisotopic (exact) mass is 415 g/mol. The second kappa shape index (κ2) is 8.86. The number of amides is 1. The van der Waals surface area contributed by atoms with Crippen LogP contribution in [0.25, 0.3) is 16.6 Å². The van der Waals surface area contributed by atoms with Crippen LogP contribution in [0.5, 0.6) is 0 Å². The molecule has 2 aromatic carbocycles. The van der Waals surface area contributed by atoms with Gasteiger partial charge in [0, 0.05) is 35.4 Å². The van der Waals surface area contributed by atoms with Crippen molar-refractivity contribution in [2.45, 2.75) is 33.1 Å². The van der Waals surface area contributed by atoms with Crippen LogP contribution >= 0.6 is 0 Å². The molecule has 0 aliphatic heterocycles. The van der Waals surface area contributed by atoms with Crippen molar-refractivity contribution < 1.29 is 4.79 Å². The average molecular weight is 416 g/mol. The lowest BCUT2D eigenvalue weighted by atomic mass is 10.1. The molecular formula is C25H29N5O. The minimum Gasteiger partial charge on any atom is -0.326 e. The molecule has 4 aromatic rings. The van der Waals surface area contributed by atoms with Crippen molar-refractivity contribution in [1.82, 2.24) is 19.5 Å². The lowest BCUT2D eigenvalue weighted by Gasteiger charge is -2.12. The fraction of sp³-hybridized carbons (Fsp3) is 0.320. The Kier molecular flexibility index (Phi) is 6.00. The van der Waals surface area contributed by atoms with Gasteiger partial charge in [0.05, 0.1) is 5.52 Å². The van der Waals surface area contributed by atoms with Gasteiger partial charge in [0.2, 0.25) is 5.91 Å². The van der Waals surface area contributed by atoms with Gasteiger partial charge in [-0.05, 0) is 76.2 Å². The van der Waals surface area contributed by atoms with Gasteiger partial charge in [-0.3, -0.25) is 4.79 Å². The molecule has 0 aliphatic rings. The Hall–Kier alpha value is -3.25. The molecule has 6 nitrogen and oxygen atoms in total. The Morgan fingerprint density at radius 2 is 1.77 bits per heavy atom. The summed E-state index contributed by atoms with van der Waals surface area (Å²) in [6, 6.07) is 16.1. The zero-order valence-corrected chi connectivity index (χ0v) is 18.6. The normalized spacial score (nSPS) is 11.5.